The molecule has 47 heavy (non-hydrogen) atoms. The molecule has 3 aromatic carbocycles. The molecule has 0 aromatic heterocycles. The minimum Gasteiger partial charge on any atom is -0.483 e. The van der Waals surface area contributed by atoms with Gasteiger partial charge in [0.05, 0.1) is 15.2 Å². The van der Waals surface area contributed by atoms with Gasteiger partial charge in [-0.15, -0.1) is 0 Å². The largest absolute Gasteiger partial charge is 0.483 e. The molecule has 0 radical (unpaired) electrons. The van der Waals surface area contributed by atoms with Crippen molar-refractivity contribution in [2.24, 2.45) is 10.8 Å². The van der Waals surface area contributed by atoms with E-state index in [9.17, 15) is 14.4 Å². The standard InChI is InChI=1S/C39H40BrClN2O4/c1-38(2)19-29-36(31(44)21-38)35(25-14-15-33(26(40)18-25)47-23-34(46)42-28-13-9-8-12-27(28)41)37-30(20-39(3,4)22-32(37)45)43(29)17-16-24-10-6-5-7-11-24/h5-15,18,35H,16-17,19-23H2,1-4H3,(H,42,46). The number of ketones is 2. The first kappa shape index (κ1) is 33.2. The number of para-hydroxylation sites is 1. The van der Waals surface area contributed by atoms with Crippen LogP contribution < -0.4 is 10.1 Å². The first-order chi connectivity index (χ1) is 22.3. The molecule has 0 spiro atoms. The van der Waals surface area contributed by atoms with Crippen molar-refractivity contribution >= 4 is 50.7 Å². The maximum absolute atomic E-state index is 14.2. The zero-order valence-corrected chi connectivity index (χ0v) is 29.6. The summed E-state index contributed by atoms with van der Waals surface area (Å²) in [5.41, 5.74) is 5.78. The van der Waals surface area contributed by atoms with Crippen LogP contribution in [-0.2, 0) is 20.8 Å². The van der Waals surface area contributed by atoms with Crippen LogP contribution in [0.1, 0.15) is 70.4 Å². The number of ether oxygens (including phenoxy) is 1. The van der Waals surface area contributed by atoms with Crippen molar-refractivity contribution in [3.8, 4) is 5.75 Å². The van der Waals surface area contributed by atoms with Gasteiger partial charge < -0.3 is 15.0 Å². The zero-order chi connectivity index (χ0) is 33.5. The maximum atomic E-state index is 14.2. The molecular weight excluding hydrogens is 676 g/mol. The third-order valence-electron chi connectivity index (χ3n) is 9.28. The Bertz CT molecular complexity index is 1760. The minimum absolute atomic E-state index is 0.0998. The predicted octanol–water partition coefficient (Wildman–Crippen LogP) is 9.05. The van der Waals surface area contributed by atoms with E-state index in [0.717, 1.165) is 47.4 Å². The third kappa shape index (κ3) is 7.12. The second kappa shape index (κ2) is 13.1. The van der Waals surface area contributed by atoms with Crippen molar-refractivity contribution in [3.63, 3.8) is 0 Å². The van der Waals surface area contributed by atoms with Gasteiger partial charge in [-0.25, -0.2) is 0 Å². The zero-order valence-electron chi connectivity index (χ0n) is 27.3. The van der Waals surface area contributed by atoms with Crippen LogP contribution in [0.4, 0.5) is 5.69 Å². The van der Waals surface area contributed by atoms with Gasteiger partial charge >= 0.3 is 0 Å². The number of allylic oxidation sites excluding steroid dienone is 4. The summed E-state index contributed by atoms with van der Waals surface area (Å²) in [6.07, 6.45) is 3.19. The molecule has 244 valence electrons. The van der Waals surface area contributed by atoms with E-state index in [4.69, 9.17) is 16.3 Å². The highest BCUT2D eigenvalue weighted by atomic mass is 79.9. The van der Waals surface area contributed by atoms with Crippen LogP contribution in [0.2, 0.25) is 5.02 Å². The monoisotopic (exact) mass is 714 g/mol. The lowest BCUT2D eigenvalue weighted by Gasteiger charge is -2.49. The summed E-state index contributed by atoms with van der Waals surface area (Å²) in [6, 6.07) is 23.1. The number of amides is 1. The van der Waals surface area contributed by atoms with Crippen LogP contribution in [0.15, 0.2) is 99.8 Å². The summed E-state index contributed by atoms with van der Waals surface area (Å²) in [7, 11) is 0. The molecule has 0 unspecified atom stereocenters. The number of carbonyl (C=O) groups excluding carboxylic acids is 3. The Kier molecular flexibility index (Phi) is 9.25. The van der Waals surface area contributed by atoms with Crippen molar-refractivity contribution in [2.75, 3.05) is 18.5 Å². The summed E-state index contributed by atoms with van der Waals surface area (Å²) < 4.78 is 6.53. The highest BCUT2D eigenvalue weighted by Gasteiger charge is 2.49. The number of hydrogen-bond acceptors (Lipinski definition) is 5. The van der Waals surface area contributed by atoms with E-state index < -0.39 is 5.92 Å². The number of Topliss-reactive ketones (excluding diaryl/α,β-unsaturated/α-hetero) is 2. The number of benzene rings is 3. The molecule has 1 heterocycles. The van der Waals surface area contributed by atoms with Crippen LogP contribution >= 0.6 is 27.5 Å². The predicted molar refractivity (Wildman–Crippen MR) is 189 cm³/mol. The first-order valence-electron chi connectivity index (χ1n) is 16.1. The Morgan fingerprint density at radius 1 is 0.872 bits per heavy atom. The van der Waals surface area contributed by atoms with Crippen LogP contribution in [0.25, 0.3) is 0 Å². The highest BCUT2D eigenvalue weighted by Crippen LogP contribution is 2.54. The van der Waals surface area contributed by atoms with Crippen LogP contribution in [0.5, 0.6) is 5.75 Å². The molecule has 1 amide bonds. The molecule has 3 aliphatic rings. The summed E-state index contributed by atoms with van der Waals surface area (Å²) in [6.45, 7) is 9.11. The van der Waals surface area contributed by atoms with Gasteiger partial charge in [-0.2, -0.15) is 0 Å². The van der Waals surface area contributed by atoms with Gasteiger partial charge in [0, 0.05) is 47.8 Å². The Morgan fingerprint density at radius 3 is 2.06 bits per heavy atom. The Hall–Kier alpha value is -3.68. The average molecular weight is 716 g/mol. The van der Waals surface area contributed by atoms with Crippen LogP contribution in [-0.4, -0.2) is 35.5 Å². The summed E-state index contributed by atoms with van der Waals surface area (Å²) >= 11 is 9.84. The molecule has 0 saturated carbocycles. The van der Waals surface area contributed by atoms with Gasteiger partial charge in [0.15, 0.2) is 18.2 Å². The number of carbonyl (C=O) groups is 3. The lowest BCUT2D eigenvalue weighted by molar-refractivity contribution is -0.120. The quantitative estimate of drug-likeness (QED) is 0.252. The van der Waals surface area contributed by atoms with Crippen molar-refractivity contribution in [1.29, 1.82) is 0 Å². The number of rotatable bonds is 8. The lowest BCUT2D eigenvalue weighted by atomic mass is 9.63. The highest BCUT2D eigenvalue weighted by molar-refractivity contribution is 9.10. The van der Waals surface area contributed by atoms with E-state index in [1.165, 1.54) is 5.56 Å². The molecule has 8 heteroatoms. The Balaban J connectivity index is 1.36. The van der Waals surface area contributed by atoms with E-state index in [1.54, 1.807) is 30.3 Å². The van der Waals surface area contributed by atoms with Crippen LogP contribution in [0, 0.1) is 10.8 Å². The normalized spacial score (nSPS) is 19.0. The van der Waals surface area contributed by atoms with Gasteiger partial charge in [0.2, 0.25) is 0 Å². The van der Waals surface area contributed by atoms with E-state index in [0.29, 0.717) is 40.3 Å². The molecule has 0 fully saturated rings. The smallest absolute Gasteiger partial charge is 0.262 e. The summed E-state index contributed by atoms with van der Waals surface area (Å²) in [5, 5.41) is 3.22. The topological polar surface area (TPSA) is 75.7 Å². The molecule has 1 N–H and O–H groups in total. The number of anilines is 1. The Labute approximate surface area is 290 Å². The second-order valence-electron chi connectivity index (χ2n) is 14.4. The second-order valence-corrected chi connectivity index (χ2v) is 15.7. The summed E-state index contributed by atoms with van der Waals surface area (Å²) in [5.74, 6) is -0.119. The SMILES string of the molecule is CC1(C)CC(=O)C2=C(C1)N(CCc1ccccc1)C1=C(C(=O)CC(C)(C)C1)C2c1ccc(OCC(=O)Nc2ccccc2Cl)c(Br)c1. The number of nitrogens with one attached hydrogen (secondary N) is 1. The Morgan fingerprint density at radius 2 is 1.47 bits per heavy atom. The lowest BCUT2D eigenvalue weighted by Crippen LogP contribution is -2.45. The maximum Gasteiger partial charge on any atom is 0.262 e. The molecule has 0 atom stereocenters. The fourth-order valence-corrected chi connectivity index (χ4v) is 7.94. The molecule has 2 aliphatic carbocycles. The molecule has 0 bridgehead atoms. The average Bonchev–Trinajstić information content (AvgIpc) is 2.99. The molecule has 1 aliphatic heterocycles. The van der Waals surface area contributed by atoms with Gasteiger partial charge in [0.1, 0.15) is 5.75 Å². The van der Waals surface area contributed by atoms with Gasteiger partial charge in [-0.1, -0.05) is 87.8 Å². The summed E-state index contributed by atoms with van der Waals surface area (Å²) in [4.78, 5) is 43.3. The number of halogens is 2. The van der Waals surface area contributed by atoms with Gasteiger partial charge in [0.25, 0.3) is 5.91 Å². The van der Waals surface area contributed by atoms with Gasteiger partial charge in [-0.3, -0.25) is 14.4 Å². The minimum atomic E-state index is -0.464. The van der Waals surface area contributed by atoms with Crippen molar-refractivity contribution in [1.82, 2.24) is 4.90 Å². The number of hydrogen-bond donors (Lipinski definition) is 1. The fraction of sp³-hybridized carbons (Fsp3) is 0.359. The van der Waals surface area contributed by atoms with Crippen molar-refractivity contribution in [2.45, 2.75) is 65.7 Å². The molecule has 6 nitrogen and oxygen atoms in total. The van der Waals surface area contributed by atoms with Crippen molar-refractivity contribution in [3.05, 3.63) is 116 Å². The van der Waals surface area contributed by atoms with E-state index in [-0.39, 0.29) is 34.9 Å². The van der Waals surface area contributed by atoms with Crippen LogP contribution in [0.3, 0.4) is 0 Å². The molecular formula is C39H40BrClN2O4. The van der Waals surface area contributed by atoms with E-state index in [2.05, 4.69) is 66.0 Å². The van der Waals surface area contributed by atoms with Crippen molar-refractivity contribution < 1.29 is 19.1 Å². The third-order valence-corrected chi connectivity index (χ3v) is 10.2. The van der Waals surface area contributed by atoms with E-state index >= 15 is 0 Å². The van der Waals surface area contributed by atoms with Gasteiger partial charge in [-0.05, 0) is 81.4 Å². The fourth-order valence-electron chi connectivity index (χ4n) is 7.24. The number of nitrogens with zero attached hydrogens (tertiary/aromatic N) is 1. The molecule has 6 rings (SSSR count). The first-order valence-corrected chi connectivity index (χ1v) is 17.3. The van der Waals surface area contributed by atoms with E-state index in [1.807, 2.05) is 30.3 Å². The molecule has 0 saturated heterocycles. The molecule has 3 aromatic rings.